The fraction of sp³-hybridized carbons (Fsp3) is 0.412. The largest absolute Gasteiger partial charge is 0.477 e. The maximum atomic E-state index is 11.5. The van der Waals surface area contributed by atoms with Crippen LogP contribution in [-0.4, -0.2) is 60.3 Å². The van der Waals surface area contributed by atoms with Gasteiger partial charge in [0.2, 0.25) is 0 Å². The number of carbonyl (C=O) groups is 2. The highest BCUT2D eigenvalue weighted by molar-refractivity contribution is 5.97. The van der Waals surface area contributed by atoms with Crippen LogP contribution >= 0.6 is 0 Å². The molecule has 1 aromatic carbocycles. The number of rotatable bonds is 6. The SMILES string of the molecule is CN(C)CCc1c(C(=O)O)[nH]c2ccc(C[C@H]3COC(=O)N3)cc12. The van der Waals surface area contributed by atoms with Gasteiger partial charge in [0.25, 0.3) is 0 Å². The first kappa shape index (κ1) is 16.3. The normalized spacial score (nSPS) is 17.3. The van der Waals surface area contributed by atoms with E-state index in [0.717, 1.165) is 28.6 Å². The number of H-pyrrole nitrogens is 1. The first-order valence-corrected chi connectivity index (χ1v) is 7.89. The van der Waals surface area contributed by atoms with Gasteiger partial charge in [-0.3, -0.25) is 0 Å². The molecule has 0 spiro atoms. The zero-order valence-electron chi connectivity index (χ0n) is 13.8. The molecule has 2 aromatic rings. The van der Waals surface area contributed by atoms with Crippen LogP contribution in [0.5, 0.6) is 0 Å². The van der Waals surface area contributed by atoms with Crippen molar-refractivity contribution >= 4 is 23.0 Å². The number of likely N-dealkylation sites (N-methyl/N-ethyl adjacent to an activating group) is 1. The van der Waals surface area contributed by atoms with Crippen molar-refractivity contribution in [2.45, 2.75) is 18.9 Å². The lowest BCUT2D eigenvalue weighted by Gasteiger charge is -2.10. The highest BCUT2D eigenvalue weighted by Gasteiger charge is 2.23. The number of hydrogen-bond donors (Lipinski definition) is 3. The number of aromatic carboxylic acids is 1. The molecule has 1 aliphatic rings. The lowest BCUT2D eigenvalue weighted by molar-refractivity contribution is 0.0690. The first-order valence-electron chi connectivity index (χ1n) is 7.89. The molecule has 0 saturated carbocycles. The number of carboxylic acids is 1. The van der Waals surface area contributed by atoms with Gasteiger partial charge in [-0.25, -0.2) is 9.59 Å². The zero-order chi connectivity index (χ0) is 17.3. The first-order chi connectivity index (χ1) is 11.4. The van der Waals surface area contributed by atoms with Crippen molar-refractivity contribution in [3.05, 3.63) is 35.0 Å². The third-order valence-electron chi connectivity index (χ3n) is 4.21. The predicted molar refractivity (Wildman–Crippen MR) is 89.5 cm³/mol. The molecular weight excluding hydrogens is 310 g/mol. The standard InChI is InChI=1S/C17H21N3O4/c1-20(2)6-5-12-13-8-10(7-11-9-24-17(23)18-11)3-4-14(13)19-15(12)16(21)22/h3-4,8,11,19H,5-7,9H2,1-2H3,(H,18,23)(H,21,22)/t11-/m0/s1. The maximum Gasteiger partial charge on any atom is 0.407 e. The van der Waals surface area contributed by atoms with Crippen LogP contribution < -0.4 is 5.32 Å². The summed E-state index contributed by atoms with van der Waals surface area (Å²) in [6.07, 6.45) is 0.923. The van der Waals surface area contributed by atoms with Gasteiger partial charge in [-0.1, -0.05) is 6.07 Å². The van der Waals surface area contributed by atoms with Gasteiger partial charge in [0.15, 0.2) is 0 Å². The van der Waals surface area contributed by atoms with E-state index in [4.69, 9.17) is 4.74 Å². The van der Waals surface area contributed by atoms with E-state index in [9.17, 15) is 14.7 Å². The summed E-state index contributed by atoms with van der Waals surface area (Å²) in [6, 6.07) is 5.81. The summed E-state index contributed by atoms with van der Waals surface area (Å²) in [7, 11) is 3.92. The molecule has 7 nitrogen and oxygen atoms in total. The van der Waals surface area contributed by atoms with Crippen molar-refractivity contribution in [1.82, 2.24) is 15.2 Å². The van der Waals surface area contributed by atoms with Crippen molar-refractivity contribution in [3.63, 3.8) is 0 Å². The number of carbonyl (C=O) groups excluding carboxylic acids is 1. The highest BCUT2D eigenvalue weighted by Crippen LogP contribution is 2.25. The number of fused-ring (bicyclic) bond motifs is 1. The molecule has 1 aliphatic heterocycles. The number of alkyl carbamates (subject to hydrolysis) is 1. The Hall–Kier alpha value is -2.54. The van der Waals surface area contributed by atoms with Gasteiger partial charge in [0.1, 0.15) is 12.3 Å². The minimum atomic E-state index is -0.946. The van der Waals surface area contributed by atoms with Crippen molar-refractivity contribution in [2.75, 3.05) is 27.2 Å². The topological polar surface area (TPSA) is 94.7 Å². The van der Waals surface area contributed by atoms with Crippen LogP contribution in [0.2, 0.25) is 0 Å². The van der Waals surface area contributed by atoms with Crippen molar-refractivity contribution in [1.29, 1.82) is 0 Å². The number of cyclic esters (lactones) is 1. The molecule has 1 aromatic heterocycles. The molecule has 0 bridgehead atoms. The Labute approximate surface area is 139 Å². The number of nitrogens with zero attached hydrogens (tertiary/aromatic N) is 1. The molecule has 1 fully saturated rings. The van der Waals surface area contributed by atoms with Crippen LogP contribution in [-0.2, 0) is 17.6 Å². The molecule has 3 rings (SSSR count). The summed E-state index contributed by atoms with van der Waals surface area (Å²) in [5.74, 6) is -0.946. The highest BCUT2D eigenvalue weighted by atomic mass is 16.6. The van der Waals surface area contributed by atoms with E-state index in [2.05, 4.69) is 10.3 Å². The number of aromatic amines is 1. The van der Waals surface area contributed by atoms with Crippen LogP contribution in [0.25, 0.3) is 10.9 Å². The van der Waals surface area contributed by atoms with Gasteiger partial charge in [0, 0.05) is 17.4 Å². The van der Waals surface area contributed by atoms with Crippen LogP contribution in [0.3, 0.4) is 0 Å². The Kier molecular flexibility index (Phi) is 4.44. The van der Waals surface area contributed by atoms with E-state index < -0.39 is 5.97 Å². The van der Waals surface area contributed by atoms with E-state index in [1.165, 1.54) is 0 Å². The summed E-state index contributed by atoms with van der Waals surface area (Å²) >= 11 is 0. The summed E-state index contributed by atoms with van der Waals surface area (Å²) < 4.78 is 4.91. The van der Waals surface area contributed by atoms with Crippen LogP contribution in [0.15, 0.2) is 18.2 Å². The minimum absolute atomic E-state index is 0.0435. The summed E-state index contributed by atoms with van der Waals surface area (Å²) in [5, 5.41) is 13.1. The van der Waals surface area contributed by atoms with Gasteiger partial charge in [0.05, 0.1) is 6.04 Å². The van der Waals surface area contributed by atoms with E-state index >= 15 is 0 Å². The summed E-state index contributed by atoms with van der Waals surface area (Å²) in [4.78, 5) is 27.7. The maximum absolute atomic E-state index is 11.5. The van der Waals surface area contributed by atoms with Crippen molar-refractivity contribution < 1.29 is 19.4 Å². The molecule has 3 N–H and O–H groups in total. The van der Waals surface area contributed by atoms with Gasteiger partial charge in [-0.05, 0) is 50.2 Å². The fourth-order valence-electron chi connectivity index (χ4n) is 3.02. The van der Waals surface area contributed by atoms with Crippen LogP contribution in [0.1, 0.15) is 21.6 Å². The Balaban J connectivity index is 1.92. The molecule has 1 saturated heterocycles. The number of benzene rings is 1. The second-order valence-corrected chi connectivity index (χ2v) is 6.36. The number of carboxylic acid groups (broad SMARTS) is 1. The molecule has 128 valence electrons. The van der Waals surface area contributed by atoms with Crippen molar-refractivity contribution in [3.8, 4) is 0 Å². The van der Waals surface area contributed by atoms with E-state index in [-0.39, 0.29) is 17.8 Å². The molecule has 0 radical (unpaired) electrons. The van der Waals surface area contributed by atoms with Gasteiger partial charge in [-0.15, -0.1) is 0 Å². The lowest BCUT2D eigenvalue weighted by Crippen LogP contribution is -2.28. The second kappa shape index (κ2) is 6.52. The third kappa shape index (κ3) is 3.35. The number of amides is 1. The molecule has 0 aliphatic carbocycles. The fourth-order valence-corrected chi connectivity index (χ4v) is 3.02. The van der Waals surface area contributed by atoms with Gasteiger partial charge < -0.3 is 25.0 Å². The smallest absolute Gasteiger partial charge is 0.407 e. The van der Waals surface area contributed by atoms with Gasteiger partial charge in [-0.2, -0.15) is 0 Å². The number of aromatic nitrogens is 1. The number of nitrogens with one attached hydrogen (secondary N) is 2. The van der Waals surface area contributed by atoms with E-state index in [0.29, 0.717) is 19.4 Å². The molecule has 1 atom stereocenters. The Morgan fingerprint density at radius 1 is 1.42 bits per heavy atom. The predicted octanol–water partition coefficient (Wildman–Crippen LogP) is 1.62. The summed E-state index contributed by atoms with van der Waals surface area (Å²) in [5.41, 5.74) is 2.93. The van der Waals surface area contributed by atoms with E-state index in [1.54, 1.807) is 0 Å². The van der Waals surface area contributed by atoms with Gasteiger partial charge >= 0.3 is 12.1 Å². The lowest BCUT2D eigenvalue weighted by atomic mass is 10.0. The Morgan fingerprint density at radius 3 is 2.83 bits per heavy atom. The summed E-state index contributed by atoms with van der Waals surface area (Å²) in [6.45, 7) is 1.13. The molecule has 0 unspecified atom stereocenters. The zero-order valence-corrected chi connectivity index (χ0v) is 13.8. The van der Waals surface area contributed by atoms with Crippen molar-refractivity contribution in [2.24, 2.45) is 0 Å². The van der Waals surface area contributed by atoms with Crippen LogP contribution in [0.4, 0.5) is 4.79 Å². The molecule has 1 amide bonds. The number of hydrogen-bond acceptors (Lipinski definition) is 4. The number of ether oxygens (including phenoxy) is 1. The van der Waals surface area contributed by atoms with Crippen LogP contribution in [0, 0.1) is 0 Å². The molecular formula is C17H21N3O4. The van der Waals surface area contributed by atoms with E-state index in [1.807, 2.05) is 37.2 Å². The quantitative estimate of drug-likeness (QED) is 0.748. The Bertz CT molecular complexity index is 781. The molecule has 7 heteroatoms. The minimum Gasteiger partial charge on any atom is -0.477 e. The molecule has 2 heterocycles. The third-order valence-corrected chi connectivity index (χ3v) is 4.21. The second-order valence-electron chi connectivity index (χ2n) is 6.36. The average Bonchev–Trinajstić information content (AvgIpc) is 3.08. The Morgan fingerprint density at radius 2 is 2.21 bits per heavy atom. The monoisotopic (exact) mass is 331 g/mol. The average molecular weight is 331 g/mol. The molecule has 24 heavy (non-hydrogen) atoms.